The van der Waals surface area contributed by atoms with Crippen LogP contribution >= 0.6 is 34.8 Å². The molecule has 4 nitrogen and oxygen atoms in total. The lowest BCUT2D eigenvalue weighted by atomic mass is 10.0. The Morgan fingerprint density at radius 2 is 1.60 bits per heavy atom. The summed E-state index contributed by atoms with van der Waals surface area (Å²) in [4.78, 5) is 28.7. The first-order valence-corrected chi connectivity index (χ1v) is 12.8. The minimum atomic E-state index is -0.715. The lowest BCUT2D eigenvalue weighted by Crippen LogP contribution is -2.51. The molecule has 0 bridgehead atoms. The maximum absolute atomic E-state index is 13.7. The van der Waals surface area contributed by atoms with Crippen molar-refractivity contribution < 1.29 is 9.59 Å². The zero-order chi connectivity index (χ0) is 25.2. The molecule has 7 heteroatoms. The second-order valence-electron chi connectivity index (χ2n) is 8.41. The van der Waals surface area contributed by atoms with Gasteiger partial charge in [0.25, 0.3) is 0 Å². The second-order valence-corrected chi connectivity index (χ2v) is 9.69. The Balaban J connectivity index is 1.97. The van der Waals surface area contributed by atoms with Crippen LogP contribution in [0.1, 0.15) is 36.5 Å². The van der Waals surface area contributed by atoms with Crippen LogP contribution in [0, 0.1) is 0 Å². The molecule has 35 heavy (non-hydrogen) atoms. The van der Waals surface area contributed by atoms with Crippen LogP contribution in [-0.4, -0.2) is 29.3 Å². The van der Waals surface area contributed by atoms with E-state index >= 15 is 0 Å². The number of nitrogens with one attached hydrogen (secondary N) is 1. The summed E-state index contributed by atoms with van der Waals surface area (Å²) in [6.45, 7) is 2.80. The van der Waals surface area contributed by atoms with Gasteiger partial charge in [-0.25, -0.2) is 0 Å². The summed E-state index contributed by atoms with van der Waals surface area (Å²) >= 11 is 18.7. The SMILES string of the molecule is CCCCNC(=O)C(Cc1ccccc1)N(Cc1ccc(Cl)cc1Cl)C(=O)Cc1cccc(Cl)c1. The Bertz CT molecular complexity index is 1140. The number of unbranched alkanes of at least 4 members (excludes halogenated alkanes) is 1. The highest BCUT2D eigenvalue weighted by Crippen LogP contribution is 2.25. The lowest BCUT2D eigenvalue weighted by Gasteiger charge is -2.32. The highest BCUT2D eigenvalue weighted by Gasteiger charge is 2.30. The summed E-state index contributed by atoms with van der Waals surface area (Å²) < 4.78 is 0. The van der Waals surface area contributed by atoms with E-state index in [1.165, 1.54) is 0 Å². The Labute approximate surface area is 222 Å². The molecule has 1 N–H and O–H groups in total. The zero-order valence-corrected chi connectivity index (χ0v) is 21.9. The van der Waals surface area contributed by atoms with E-state index in [1.807, 2.05) is 42.5 Å². The molecule has 184 valence electrons. The topological polar surface area (TPSA) is 49.4 Å². The number of hydrogen-bond acceptors (Lipinski definition) is 2. The van der Waals surface area contributed by atoms with Crippen LogP contribution in [0.5, 0.6) is 0 Å². The van der Waals surface area contributed by atoms with Crippen molar-refractivity contribution in [2.24, 2.45) is 0 Å². The summed E-state index contributed by atoms with van der Waals surface area (Å²) in [5.74, 6) is -0.378. The van der Waals surface area contributed by atoms with Gasteiger partial charge in [0.2, 0.25) is 11.8 Å². The van der Waals surface area contributed by atoms with Crippen molar-refractivity contribution in [1.82, 2.24) is 10.2 Å². The minimum Gasteiger partial charge on any atom is -0.354 e. The molecule has 0 saturated heterocycles. The van der Waals surface area contributed by atoms with Crippen LogP contribution in [0.2, 0.25) is 15.1 Å². The average molecular weight is 532 g/mol. The molecule has 3 aromatic rings. The van der Waals surface area contributed by atoms with Crippen molar-refractivity contribution in [2.75, 3.05) is 6.54 Å². The fraction of sp³-hybridized carbons (Fsp3) is 0.286. The van der Waals surface area contributed by atoms with E-state index in [1.54, 1.807) is 35.2 Å². The third-order valence-corrected chi connectivity index (χ3v) is 6.52. The van der Waals surface area contributed by atoms with E-state index in [9.17, 15) is 9.59 Å². The van der Waals surface area contributed by atoms with E-state index in [-0.39, 0.29) is 24.8 Å². The van der Waals surface area contributed by atoms with E-state index in [0.717, 1.165) is 29.5 Å². The highest BCUT2D eigenvalue weighted by atomic mass is 35.5. The van der Waals surface area contributed by atoms with Gasteiger partial charge in [-0.1, -0.05) is 96.7 Å². The Morgan fingerprint density at radius 3 is 2.29 bits per heavy atom. The zero-order valence-electron chi connectivity index (χ0n) is 19.6. The lowest BCUT2D eigenvalue weighted by molar-refractivity contribution is -0.140. The monoisotopic (exact) mass is 530 g/mol. The average Bonchev–Trinajstić information content (AvgIpc) is 2.83. The molecule has 0 fully saturated rings. The molecule has 0 saturated carbocycles. The molecule has 3 rings (SSSR count). The Morgan fingerprint density at radius 1 is 0.886 bits per heavy atom. The summed E-state index contributed by atoms with van der Waals surface area (Å²) in [6.07, 6.45) is 2.31. The molecule has 3 aromatic carbocycles. The van der Waals surface area contributed by atoms with Crippen molar-refractivity contribution in [3.63, 3.8) is 0 Å². The van der Waals surface area contributed by atoms with Crippen LogP contribution in [0.15, 0.2) is 72.8 Å². The van der Waals surface area contributed by atoms with Crippen LogP contribution < -0.4 is 5.32 Å². The van der Waals surface area contributed by atoms with Crippen LogP contribution in [0.25, 0.3) is 0 Å². The highest BCUT2D eigenvalue weighted by molar-refractivity contribution is 6.35. The first-order chi connectivity index (χ1) is 16.9. The second kappa shape index (κ2) is 13.5. The van der Waals surface area contributed by atoms with Gasteiger partial charge in [0, 0.05) is 34.6 Å². The van der Waals surface area contributed by atoms with Crippen LogP contribution in [0.3, 0.4) is 0 Å². The third kappa shape index (κ3) is 8.28. The molecule has 0 spiro atoms. The first-order valence-electron chi connectivity index (χ1n) is 11.7. The fourth-order valence-corrected chi connectivity index (χ4v) is 4.50. The quantitative estimate of drug-likeness (QED) is 0.278. The van der Waals surface area contributed by atoms with E-state index in [2.05, 4.69) is 12.2 Å². The normalized spacial score (nSPS) is 11.7. The molecule has 2 amide bonds. The van der Waals surface area contributed by atoms with Gasteiger partial charge in [-0.3, -0.25) is 9.59 Å². The van der Waals surface area contributed by atoms with E-state index in [4.69, 9.17) is 34.8 Å². The largest absolute Gasteiger partial charge is 0.354 e. The summed E-state index contributed by atoms with van der Waals surface area (Å²) in [5, 5.41) is 4.53. The van der Waals surface area contributed by atoms with Gasteiger partial charge in [0.1, 0.15) is 6.04 Å². The molecular weight excluding hydrogens is 503 g/mol. The molecular formula is C28H29Cl3N2O2. The molecule has 0 aromatic heterocycles. The predicted octanol–water partition coefficient (Wildman–Crippen LogP) is 6.75. The number of hydrogen-bond donors (Lipinski definition) is 1. The van der Waals surface area contributed by atoms with Gasteiger partial charge in [-0.05, 0) is 47.4 Å². The first kappa shape index (κ1) is 27.1. The maximum atomic E-state index is 13.7. The third-order valence-electron chi connectivity index (χ3n) is 5.70. The van der Waals surface area contributed by atoms with Gasteiger partial charge >= 0.3 is 0 Å². The molecule has 0 aliphatic carbocycles. The van der Waals surface area contributed by atoms with Crippen molar-refractivity contribution >= 4 is 46.6 Å². The van der Waals surface area contributed by atoms with Crippen molar-refractivity contribution in [3.8, 4) is 0 Å². The van der Waals surface area contributed by atoms with E-state index in [0.29, 0.717) is 28.0 Å². The van der Waals surface area contributed by atoms with Gasteiger partial charge in [0.05, 0.1) is 6.42 Å². The van der Waals surface area contributed by atoms with Crippen molar-refractivity contribution in [1.29, 1.82) is 0 Å². The van der Waals surface area contributed by atoms with Crippen LogP contribution in [0.4, 0.5) is 0 Å². The minimum absolute atomic E-state index is 0.110. The number of rotatable bonds is 11. The molecule has 1 atom stereocenters. The van der Waals surface area contributed by atoms with Gasteiger partial charge in [0.15, 0.2) is 0 Å². The molecule has 1 unspecified atom stereocenters. The maximum Gasteiger partial charge on any atom is 0.243 e. The van der Waals surface area contributed by atoms with Gasteiger partial charge < -0.3 is 10.2 Å². The molecule has 0 aliphatic heterocycles. The molecule has 0 radical (unpaired) electrons. The molecule has 0 heterocycles. The number of amides is 2. The summed E-state index contributed by atoms with van der Waals surface area (Å²) in [6, 6.07) is 21.3. The molecule has 0 aliphatic rings. The smallest absolute Gasteiger partial charge is 0.243 e. The Kier molecular flexibility index (Phi) is 10.5. The number of carbonyl (C=O) groups is 2. The predicted molar refractivity (Wildman–Crippen MR) is 144 cm³/mol. The van der Waals surface area contributed by atoms with Gasteiger partial charge in [-0.15, -0.1) is 0 Å². The number of benzene rings is 3. The van der Waals surface area contributed by atoms with E-state index < -0.39 is 6.04 Å². The summed E-state index contributed by atoms with van der Waals surface area (Å²) in [5.41, 5.74) is 2.46. The fourth-order valence-electron chi connectivity index (χ4n) is 3.82. The summed E-state index contributed by atoms with van der Waals surface area (Å²) in [7, 11) is 0. The Hall–Kier alpha value is -2.53. The number of nitrogens with zero attached hydrogens (tertiary/aromatic N) is 1. The number of halogens is 3. The van der Waals surface area contributed by atoms with Crippen molar-refractivity contribution in [3.05, 3.63) is 105 Å². The van der Waals surface area contributed by atoms with Crippen molar-refractivity contribution in [2.45, 2.75) is 45.2 Å². The van der Waals surface area contributed by atoms with Gasteiger partial charge in [-0.2, -0.15) is 0 Å². The standard InChI is InChI=1S/C28H29Cl3N2O2/c1-2-3-14-32-28(35)26(16-20-8-5-4-6-9-20)33(19-22-12-13-24(30)18-25(22)31)27(34)17-21-10-7-11-23(29)15-21/h4-13,15,18,26H,2-3,14,16-17,19H2,1H3,(H,32,35). The van der Waals surface area contributed by atoms with Crippen LogP contribution in [-0.2, 0) is 29.0 Å². The number of carbonyl (C=O) groups excluding carboxylic acids is 2.